The second-order valence-corrected chi connectivity index (χ2v) is 3.97. The Morgan fingerprint density at radius 3 is 2.73 bits per heavy atom. The summed E-state index contributed by atoms with van der Waals surface area (Å²) >= 11 is 0. The van der Waals surface area contributed by atoms with Gasteiger partial charge in [-0.15, -0.1) is 0 Å². The van der Waals surface area contributed by atoms with Crippen LogP contribution in [0.15, 0.2) is 0 Å². The van der Waals surface area contributed by atoms with E-state index in [0.717, 1.165) is 25.6 Å². The van der Waals surface area contributed by atoms with E-state index in [9.17, 15) is 0 Å². The van der Waals surface area contributed by atoms with E-state index in [1.54, 1.807) is 0 Å². The van der Waals surface area contributed by atoms with Gasteiger partial charge in [-0.2, -0.15) is 0 Å². The zero-order valence-electron chi connectivity index (χ0n) is 7.23. The summed E-state index contributed by atoms with van der Waals surface area (Å²) in [7, 11) is 0. The number of hydrogen-bond acceptors (Lipinski definition) is 2. The Bertz CT molecular complexity index is 136. The number of morpholine rings is 1. The maximum absolute atomic E-state index is 5.81. The maximum atomic E-state index is 5.81. The van der Waals surface area contributed by atoms with Crippen LogP contribution in [0.5, 0.6) is 0 Å². The van der Waals surface area contributed by atoms with E-state index in [1.807, 2.05) is 0 Å². The summed E-state index contributed by atoms with van der Waals surface area (Å²) < 4.78 is 5.81. The molecule has 11 heavy (non-hydrogen) atoms. The Labute approximate surface area is 68.3 Å². The van der Waals surface area contributed by atoms with Gasteiger partial charge in [0.25, 0.3) is 0 Å². The number of nitrogens with one attached hydrogen (secondary N) is 1. The van der Waals surface area contributed by atoms with Crippen molar-refractivity contribution in [2.24, 2.45) is 5.92 Å². The zero-order chi connectivity index (χ0) is 7.73. The first kappa shape index (κ1) is 7.56. The highest BCUT2D eigenvalue weighted by atomic mass is 16.5. The molecule has 0 unspecified atom stereocenters. The predicted octanol–water partition coefficient (Wildman–Crippen LogP) is 1.17. The van der Waals surface area contributed by atoms with E-state index >= 15 is 0 Å². The third-order valence-electron chi connectivity index (χ3n) is 3.16. The lowest BCUT2D eigenvalue weighted by atomic mass is 9.73. The molecule has 2 fully saturated rings. The molecule has 2 heteroatoms. The van der Waals surface area contributed by atoms with Crippen LogP contribution in [0.2, 0.25) is 0 Å². The van der Waals surface area contributed by atoms with Gasteiger partial charge in [0, 0.05) is 13.1 Å². The van der Waals surface area contributed by atoms with E-state index in [-0.39, 0.29) is 5.60 Å². The molecule has 1 aliphatic carbocycles. The first-order chi connectivity index (χ1) is 5.31. The van der Waals surface area contributed by atoms with Gasteiger partial charge in [-0.1, -0.05) is 6.42 Å². The van der Waals surface area contributed by atoms with Gasteiger partial charge in [0.15, 0.2) is 0 Å². The Kier molecular flexibility index (Phi) is 1.90. The Hall–Kier alpha value is -0.0800. The Morgan fingerprint density at radius 2 is 2.27 bits per heavy atom. The summed E-state index contributed by atoms with van der Waals surface area (Å²) in [5, 5.41) is 3.40. The van der Waals surface area contributed by atoms with E-state index in [0.29, 0.717) is 0 Å². The van der Waals surface area contributed by atoms with Crippen LogP contribution in [0.1, 0.15) is 26.2 Å². The van der Waals surface area contributed by atoms with Crippen molar-refractivity contribution in [2.75, 3.05) is 19.7 Å². The minimum Gasteiger partial charge on any atom is -0.372 e. The summed E-state index contributed by atoms with van der Waals surface area (Å²) in [6.07, 6.45) is 4.15. The molecule has 1 heterocycles. The van der Waals surface area contributed by atoms with Crippen molar-refractivity contribution in [3.05, 3.63) is 0 Å². The molecular weight excluding hydrogens is 138 g/mol. The van der Waals surface area contributed by atoms with Crippen LogP contribution < -0.4 is 5.32 Å². The number of ether oxygens (including phenoxy) is 1. The van der Waals surface area contributed by atoms with Gasteiger partial charge in [0.2, 0.25) is 0 Å². The molecule has 1 saturated carbocycles. The molecule has 2 aliphatic rings. The van der Waals surface area contributed by atoms with Gasteiger partial charge in [-0.3, -0.25) is 0 Å². The molecule has 0 aromatic heterocycles. The van der Waals surface area contributed by atoms with Gasteiger partial charge >= 0.3 is 0 Å². The average Bonchev–Trinajstić information content (AvgIpc) is 1.83. The maximum Gasteiger partial charge on any atom is 0.0806 e. The largest absolute Gasteiger partial charge is 0.372 e. The quantitative estimate of drug-likeness (QED) is 0.613. The molecular formula is C9H17NO. The summed E-state index contributed by atoms with van der Waals surface area (Å²) in [6.45, 7) is 5.23. The molecule has 0 radical (unpaired) electrons. The number of rotatable bonds is 1. The molecule has 2 rings (SSSR count). The van der Waals surface area contributed by atoms with Crippen molar-refractivity contribution in [1.82, 2.24) is 5.32 Å². The van der Waals surface area contributed by atoms with Crippen LogP contribution in [0.3, 0.4) is 0 Å². The summed E-state index contributed by atoms with van der Waals surface area (Å²) in [5.74, 6) is 0.829. The van der Waals surface area contributed by atoms with Crippen molar-refractivity contribution in [1.29, 1.82) is 0 Å². The highest BCUT2D eigenvalue weighted by molar-refractivity contribution is 4.92. The molecule has 1 atom stereocenters. The van der Waals surface area contributed by atoms with Gasteiger partial charge < -0.3 is 10.1 Å². The lowest BCUT2D eigenvalue weighted by Gasteiger charge is -2.45. The molecule has 1 N–H and O–H groups in total. The van der Waals surface area contributed by atoms with Crippen LogP contribution in [0.4, 0.5) is 0 Å². The van der Waals surface area contributed by atoms with E-state index < -0.39 is 0 Å². The molecule has 0 aromatic rings. The fourth-order valence-electron chi connectivity index (χ4n) is 2.03. The molecule has 1 aliphatic heterocycles. The second kappa shape index (κ2) is 2.76. The van der Waals surface area contributed by atoms with Gasteiger partial charge in [-0.25, -0.2) is 0 Å². The third kappa shape index (κ3) is 1.30. The molecule has 2 nitrogen and oxygen atoms in total. The standard InChI is InChI=1S/C9H17NO/c1-9(8-3-2-4-8)7-10-5-6-11-9/h8,10H,2-7H2,1H3/t9-/m0/s1. The lowest BCUT2D eigenvalue weighted by molar-refractivity contribution is -0.111. The molecule has 64 valence electrons. The van der Waals surface area contributed by atoms with Crippen LogP contribution in [-0.2, 0) is 4.74 Å². The summed E-state index contributed by atoms with van der Waals surface area (Å²) in [5.41, 5.74) is 0.163. The van der Waals surface area contributed by atoms with Crippen molar-refractivity contribution >= 4 is 0 Å². The van der Waals surface area contributed by atoms with Crippen molar-refractivity contribution in [3.63, 3.8) is 0 Å². The Morgan fingerprint density at radius 1 is 1.45 bits per heavy atom. The number of hydrogen-bond donors (Lipinski definition) is 1. The first-order valence-electron chi connectivity index (χ1n) is 4.66. The normalized spacial score (nSPS) is 40.1. The topological polar surface area (TPSA) is 21.3 Å². The second-order valence-electron chi connectivity index (χ2n) is 3.97. The monoisotopic (exact) mass is 155 g/mol. The van der Waals surface area contributed by atoms with Crippen molar-refractivity contribution in [3.8, 4) is 0 Å². The highest BCUT2D eigenvalue weighted by Crippen LogP contribution is 2.38. The first-order valence-corrected chi connectivity index (χ1v) is 4.66. The van der Waals surface area contributed by atoms with Crippen LogP contribution in [-0.4, -0.2) is 25.3 Å². The smallest absolute Gasteiger partial charge is 0.0806 e. The minimum atomic E-state index is 0.163. The van der Waals surface area contributed by atoms with Gasteiger partial charge in [0.05, 0.1) is 12.2 Å². The third-order valence-corrected chi connectivity index (χ3v) is 3.16. The fraction of sp³-hybridized carbons (Fsp3) is 1.00. The average molecular weight is 155 g/mol. The lowest BCUT2D eigenvalue weighted by Crippen LogP contribution is -2.54. The molecule has 0 bridgehead atoms. The SMILES string of the molecule is C[C@@]1(C2CCC2)CNCCO1. The van der Waals surface area contributed by atoms with E-state index in [2.05, 4.69) is 12.2 Å². The van der Waals surface area contributed by atoms with Crippen LogP contribution in [0, 0.1) is 5.92 Å². The molecule has 0 amide bonds. The summed E-state index contributed by atoms with van der Waals surface area (Å²) in [4.78, 5) is 0. The van der Waals surface area contributed by atoms with Crippen LogP contribution in [0.25, 0.3) is 0 Å². The summed E-state index contributed by atoms with van der Waals surface area (Å²) in [6, 6.07) is 0. The van der Waals surface area contributed by atoms with Crippen LogP contribution >= 0.6 is 0 Å². The highest BCUT2D eigenvalue weighted by Gasteiger charge is 2.39. The predicted molar refractivity (Wildman–Crippen MR) is 44.6 cm³/mol. The van der Waals surface area contributed by atoms with E-state index in [4.69, 9.17) is 4.74 Å². The minimum absolute atomic E-state index is 0.163. The molecule has 0 aromatic carbocycles. The molecule has 1 saturated heterocycles. The Balaban J connectivity index is 1.94. The van der Waals surface area contributed by atoms with E-state index in [1.165, 1.54) is 19.3 Å². The van der Waals surface area contributed by atoms with Gasteiger partial charge in [0.1, 0.15) is 0 Å². The zero-order valence-corrected chi connectivity index (χ0v) is 7.23. The van der Waals surface area contributed by atoms with Crippen molar-refractivity contribution in [2.45, 2.75) is 31.8 Å². The van der Waals surface area contributed by atoms with Crippen molar-refractivity contribution < 1.29 is 4.74 Å². The fourth-order valence-corrected chi connectivity index (χ4v) is 2.03. The van der Waals surface area contributed by atoms with Gasteiger partial charge in [-0.05, 0) is 25.7 Å². The molecule has 0 spiro atoms.